The Kier molecular flexibility index (Phi) is 7.25. The first kappa shape index (κ1) is 18.0. The van der Waals surface area contributed by atoms with Crippen LogP contribution in [0, 0.1) is 12.3 Å². The fourth-order valence-corrected chi connectivity index (χ4v) is 3.61. The lowest BCUT2D eigenvalue weighted by atomic mass is 9.78. The largest absolute Gasteiger partial charge is 0.392 e. The number of nitrogens with two attached hydrogens (primary N) is 1. The summed E-state index contributed by atoms with van der Waals surface area (Å²) in [6.07, 6.45) is 3.93. The number of nitrogens with zero attached hydrogens (tertiary/aromatic N) is 1. The van der Waals surface area contributed by atoms with E-state index in [0.29, 0.717) is 24.4 Å². The van der Waals surface area contributed by atoms with Gasteiger partial charge >= 0.3 is 0 Å². The van der Waals surface area contributed by atoms with Crippen molar-refractivity contribution in [2.24, 2.45) is 11.1 Å². The van der Waals surface area contributed by atoms with Gasteiger partial charge < -0.3 is 11.1 Å². The number of hydrogen-bond donors (Lipinski definition) is 2. The summed E-state index contributed by atoms with van der Waals surface area (Å²) < 4.78 is 0. The average Bonchev–Trinajstić information content (AvgIpc) is 2.83. The number of rotatable bonds is 9. The van der Waals surface area contributed by atoms with Crippen LogP contribution in [0.4, 0.5) is 0 Å². The van der Waals surface area contributed by atoms with Crippen LogP contribution in [0.1, 0.15) is 50.2 Å². The van der Waals surface area contributed by atoms with Gasteiger partial charge in [-0.2, -0.15) is 0 Å². The lowest BCUT2D eigenvalue weighted by Gasteiger charge is -2.31. The van der Waals surface area contributed by atoms with E-state index in [9.17, 15) is 4.79 Å². The monoisotopic (exact) mass is 327 g/mol. The third-order valence-corrected chi connectivity index (χ3v) is 4.97. The molecule has 0 atom stereocenters. The summed E-state index contributed by atoms with van der Waals surface area (Å²) in [6.45, 7) is 6.64. The van der Waals surface area contributed by atoms with Gasteiger partial charge in [-0.25, -0.2) is 4.98 Å². The summed E-state index contributed by atoms with van der Waals surface area (Å²) in [4.78, 5) is 17.3. The molecule has 4 nitrogen and oxygen atoms in total. The maximum Gasteiger partial charge on any atom is 0.233 e. The molecule has 3 N–H and O–H groups in total. The zero-order valence-electron chi connectivity index (χ0n) is 13.1. The van der Waals surface area contributed by atoms with E-state index in [1.807, 2.05) is 26.2 Å². The Morgan fingerprint density at radius 2 is 2.05 bits per heavy atom. The van der Waals surface area contributed by atoms with Gasteiger partial charge in [-0.05, 0) is 19.8 Å². The summed E-state index contributed by atoms with van der Waals surface area (Å²) in [5, 5.41) is 6.05. The molecule has 0 saturated heterocycles. The van der Waals surface area contributed by atoms with E-state index in [0.717, 1.165) is 30.0 Å². The van der Waals surface area contributed by atoms with Crippen molar-refractivity contribution in [3.8, 4) is 0 Å². The Hall–Kier alpha value is -1.01. The fourth-order valence-electron chi connectivity index (χ4n) is 2.53. The fraction of sp³-hybridized carbons (Fsp3) is 0.667. The molecule has 0 aliphatic carbocycles. The van der Waals surface area contributed by atoms with E-state index >= 15 is 0 Å². The molecule has 0 unspecified atom stereocenters. The molecule has 1 rings (SSSR count). The van der Waals surface area contributed by atoms with E-state index in [1.54, 1.807) is 11.3 Å². The van der Waals surface area contributed by atoms with Crippen LogP contribution in [0.15, 0.2) is 5.38 Å². The molecule has 0 aliphatic heterocycles. The van der Waals surface area contributed by atoms with E-state index < -0.39 is 5.41 Å². The zero-order valence-corrected chi connectivity index (χ0v) is 14.7. The topological polar surface area (TPSA) is 68.0 Å². The van der Waals surface area contributed by atoms with Crippen molar-refractivity contribution in [3.63, 3.8) is 0 Å². The molecule has 0 spiro atoms. The highest BCUT2D eigenvalue weighted by Crippen LogP contribution is 2.30. The second-order valence-electron chi connectivity index (χ2n) is 5.33. The number of carbonyl (C=O) groups is 1. The molecule has 6 heteroatoms. The third-order valence-electron chi connectivity index (χ3n) is 3.55. The predicted octanol–water partition coefficient (Wildman–Crippen LogP) is 2.98. The Morgan fingerprint density at radius 3 is 2.48 bits per heavy atom. The number of thiocarbonyl (C=S) groups is 1. The minimum Gasteiger partial charge on any atom is -0.392 e. The minimum absolute atomic E-state index is 0.0352. The van der Waals surface area contributed by atoms with Crippen LogP contribution < -0.4 is 11.1 Å². The highest BCUT2D eigenvalue weighted by atomic mass is 32.1. The second kappa shape index (κ2) is 8.44. The molecular weight excluding hydrogens is 302 g/mol. The predicted molar refractivity (Wildman–Crippen MR) is 92.6 cm³/mol. The van der Waals surface area contributed by atoms with E-state index in [-0.39, 0.29) is 5.91 Å². The highest BCUT2D eigenvalue weighted by Gasteiger charge is 2.39. The first-order valence-electron chi connectivity index (χ1n) is 7.45. The van der Waals surface area contributed by atoms with Gasteiger partial charge in [0.2, 0.25) is 5.91 Å². The van der Waals surface area contributed by atoms with Crippen molar-refractivity contribution >= 4 is 34.5 Å². The lowest BCUT2D eigenvalue weighted by Crippen LogP contribution is -2.49. The van der Waals surface area contributed by atoms with Gasteiger partial charge in [0.25, 0.3) is 0 Å². The quantitative estimate of drug-likeness (QED) is 0.684. The Labute approximate surface area is 136 Å². The standard InChI is InChI=1S/C15H25N3OS2/c1-4-7-15(8-5-2,13(16)20)14(19)17-9-6-12-18-11(3)10-21-12/h10H,4-9H2,1-3H3,(H2,16,20)(H,17,19). The molecule has 1 amide bonds. The summed E-state index contributed by atoms with van der Waals surface area (Å²) in [5.74, 6) is -0.0352. The molecular formula is C15H25N3OS2. The first-order chi connectivity index (χ1) is 9.96. The average molecular weight is 328 g/mol. The molecule has 1 aromatic heterocycles. The number of aryl methyl sites for hydroxylation is 1. The number of thiazole rings is 1. The van der Waals surface area contributed by atoms with Crippen LogP contribution in [0.3, 0.4) is 0 Å². The van der Waals surface area contributed by atoms with Crippen LogP contribution in [0.5, 0.6) is 0 Å². The summed E-state index contributed by atoms with van der Waals surface area (Å²) in [5.41, 5.74) is 6.22. The lowest BCUT2D eigenvalue weighted by molar-refractivity contribution is -0.128. The van der Waals surface area contributed by atoms with Crippen molar-refractivity contribution in [2.75, 3.05) is 6.54 Å². The van der Waals surface area contributed by atoms with Crippen LogP contribution in [0.25, 0.3) is 0 Å². The van der Waals surface area contributed by atoms with Gasteiger partial charge in [0.15, 0.2) is 0 Å². The Balaban J connectivity index is 2.65. The normalized spacial score (nSPS) is 11.4. The number of amides is 1. The number of carbonyl (C=O) groups excluding carboxylic acids is 1. The molecule has 0 aromatic carbocycles. The van der Waals surface area contributed by atoms with Gasteiger partial charge in [0.1, 0.15) is 0 Å². The molecule has 0 saturated carbocycles. The maximum atomic E-state index is 12.6. The second-order valence-corrected chi connectivity index (χ2v) is 6.72. The van der Waals surface area contributed by atoms with Crippen molar-refractivity contribution in [1.29, 1.82) is 0 Å². The molecule has 1 aromatic rings. The van der Waals surface area contributed by atoms with Crippen LogP contribution in [-0.4, -0.2) is 22.4 Å². The molecule has 0 fully saturated rings. The molecule has 0 aliphatic rings. The first-order valence-corrected chi connectivity index (χ1v) is 8.74. The van der Waals surface area contributed by atoms with Crippen molar-refractivity contribution < 1.29 is 4.79 Å². The van der Waals surface area contributed by atoms with E-state index in [1.165, 1.54) is 0 Å². The third kappa shape index (κ3) is 4.74. The molecule has 0 radical (unpaired) electrons. The summed E-state index contributed by atoms with van der Waals surface area (Å²) in [7, 11) is 0. The van der Waals surface area contributed by atoms with Crippen molar-refractivity contribution in [3.05, 3.63) is 16.1 Å². The highest BCUT2D eigenvalue weighted by molar-refractivity contribution is 7.80. The maximum absolute atomic E-state index is 12.6. The van der Waals surface area contributed by atoms with E-state index in [2.05, 4.69) is 10.3 Å². The number of hydrogen-bond acceptors (Lipinski definition) is 4. The summed E-state index contributed by atoms with van der Waals surface area (Å²) in [6, 6.07) is 0. The van der Waals surface area contributed by atoms with E-state index in [4.69, 9.17) is 18.0 Å². The van der Waals surface area contributed by atoms with Gasteiger partial charge in [0.05, 0.1) is 15.4 Å². The SMILES string of the molecule is CCCC(CCC)(C(=O)NCCc1nc(C)cs1)C(N)=S. The van der Waals surface area contributed by atoms with Crippen molar-refractivity contribution in [2.45, 2.75) is 52.9 Å². The van der Waals surface area contributed by atoms with Crippen LogP contribution >= 0.6 is 23.6 Å². The molecule has 0 bridgehead atoms. The Bertz CT molecular complexity index is 479. The van der Waals surface area contributed by atoms with Gasteiger partial charge in [-0.1, -0.05) is 38.9 Å². The zero-order chi connectivity index (χ0) is 15.9. The number of aromatic nitrogens is 1. The van der Waals surface area contributed by atoms with Crippen LogP contribution in [0.2, 0.25) is 0 Å². The molecule has 21 heavy (non-hydrogen) atoms. The van der Waals surface area contributed by atoms with Crippen LogP contribution in [-0.2, 0) is 11.2 Å². The van der Waals surface area contributed by atoms with Gasteiger partial charge in [0, 0.05) is 24.0 Å². The Morgan fingerprint density at radius 1 is 1.43 bits per heavy atom. The van der Waals surface area contributed by atoms with Gasteiger partial charge in [-0.3, -0.25) is 4.79 Å². The minimum atomic E-state index is -0.697. The smallest absolute Gasteiger partial charge is 0.233 e. The molecule has 118 valence electrons. The number of nitrogens with one attached hydrogen (secondary N) is 1. The summed E-state index contributed by atoms with van der Waals surface area (Å²) >= 11 is 6.81. The van der Waals surface area contributed by atoms with Gasteiger partial charge in [-0.15, -0.1) is 11.3 Å². The molecule has 1 heterocycles. The van der Waals surface area contributed by atoms with Crippen molar-refractivity contribution in [1.82, 2.24) is 10.3 Å².